The molecule has 0 bridgehead atoms. The summed E-state index contributed by atoms with van der Waals surface area (Å²) in [5, 5.41) is 0. The van der Waals surface area contributed by atoms with Gasteiger partial charge in [-0.25, -0.2) is 18.4 Å². The lowest BCUT2D eigenvalue weighted by atomic mass is 9.97. The Morgan fingerprint density at radius 2 is 1.93 bits per heavy atom. The first-order valence-corrected chi connectivity index (χ1v) is 9.34. The second-order valence-corrected chi connectivity index (χ2v) is 7.19. The van der Waals surface area contributed by atoms with Crippen LogP contribution in [-0.2, 0) is 21.6 Å². The second-order valence-electron chi connectivity index (χ2n) is 7.19. The molecule has 30 heavy (non-hydrogen) atoms. The van der Waals surface area contributed by atoms with Crippen LogP contribution in [0.15, 0.2) is 47.4 Å². The molecular weight excluding hydrogens is 398 g/mol. The third-order valence-electron chi connectivity index (χ3n) is 5.29. The van der Waals surface area contributed by atoms with Crippen molar-refractivity contribution in [1.29, 1.82) is 0 Å². The summed E-state index contributed by atoms with van der Waals surface area (Å²) >= 11 is 0. The lowest BCUT2D eigenvalue weighted by molar-refractivity contribution is 0.00631. The van der Waals surface area contributed by atoms with Gasteiger partial charge in [-0.3, -0.25) is 4.79 Å². The van der Waals surface area contributed by atoms with Gasteiger partial charge in [-0.15, -0.1) is 0 Å². The smallest absolute Gasteiger partial charge is 0.410 e. The number of aryl methyl sites for hydroxylation is 1. The molecule has 1 amide bonds. The SMILES string of the molecule is COC(=O)c1cn(C2(C(F)F)CCN(C(=O)OCc3ccccc3)C2)c(=O)cc1C. The molecule has 0 N–H and O–H groups in total. The monoisotopic (exact) mass is 420 g/mol. The van der Waals surface area contributed by atoms with Crippen LogP contribution in [0.5, 0.6) is 0 Å². The first kappa shape index (κ1) is 21.5. The van der Waals surface area contributed by atoms with E-state index in [1.54, 1.807) is 24.3 Å². The molecule has 1 unspecified atom stereocenters. The normalized spacial score (nSPS) is 18.5. The first-order valence-electron chi connectivity index (χ1n) is 9.34. The number of nitrogens with zero attached hydrogens (tertiary/aromatic N) is 2. The molecule has 1 aromatic heterocycles. The number of carbonyl (C=O) groups is 2. The molecule has 1 saturated heterocycles. The number of aromatic nitrogens is 1. The molecule has 0 radical (unpaired) electrons. The van der Waals surface area contributed by atoms with Gasteiger partial charge < -0.3 is 18.9 Å². The number of alkyl halides is 2. The number of rotatable bonds is 5. The van der Waals surface area contributed by atoms with Gasteiger partial charge in [-0.2, -0.15) is 0 Å². The van der Waals surface area contributed by atoms with E-state index in [0.717, 1.165) is 27.3 Å². The quantitative estimate of drug-likeness (QED) is 0.695. The van der Waals surface area contributed by atoms with E-state index < -0.39 is 36.1 Å². The van der Waals surface area contributed by atoms with Gasteiger partial charge in [0, 0.05) is 18.8 Å². The molecule has 1 aliphatic heterocycles. The summed E-state index contributed by atoms with van der Waals surface area (Å²) in [6.45, 7) is 1.11. The van der Waals surface area contributed by atoms with E-state index in [1.165, 1.54) is 14.0 Å². The number of amides is 1. The van der Waals surface area contributed by atoms with Gasteiger partial charge in [-0.05, 0) is 24.5 Å². The van der Waals surface area contributed by atoms with Crippen molar-refractivity contribution in [2.24, 2.45) is 0 Å². The number of ether oxygens (including phenoxy) is 2. The molecular formula is C21H22F2N2O5. The van der Waals surface area contributed by atoms with Crippen LogP contribution in [0.2, 0.25) is 0 Å². The Balaban J connectivity index is 1.85. The number of methoxy groups -OCH3 is 1. The zero-order valence-electron chi connectivity index (χ0n) is 16.6. The van der Waals surface area contributed by atoms with Crippen LogP contribution in [0.3, 0.4) is 0 Å². The Hall–Kier alpha value is -3.23. The number of hydrogen-bond donors (Lipinski definition) is 0. The van der Waals surface area contributed by atoms with Crippen molar-refractivity contribution in [3.05, 3.63) is 69.6 Å². The number of carbonyl (C=O) groups excluding carboxylic acids is 2. The van der Waals surface area contributed by atoms with Crippen molar-refractivity contribution in [1.82, 2.24) is 9.47 Å². The van der Waals surface area contributed by atoms with Crippen LogP contribution < -0.4 is 5.56 Å². The summed E-state index contributed by atoms with van der Waals surface area (Å²) < 4.78 is 39.2. The Labute approximate surface area is 171 Å². The minimum absolute atomic E-state index is 0.00810. The van der Waals surface area contributed by atoms with Gasteiger partial charge in [0.2, 0.25) is 0 Å². The second kappa shape index (κ2) is 8.64. The summed E-state index contributed by atoms with van der Waals surface area (Å²) in [6, 6.07) is 10.1. The lowest BCUT2D eigenvalue weighted by Gasteiger charge is -2.31. The molecule has 1 aliphatic rings. The van der Waals surface area contributed by atoms with E-state index >= 15 is 0 Å². The minimum Gasteiger partial charge on any atom is -0.465 e. The maximum atomic E-state index is 14.2. The van der Waals surface area contributed by atoms with Gasteiger partial charge in [-0.1, -0.05) is 30.3 Å². The lowest BCUT2D eigenvalue weighted by Crippen LogP contribution is -2.49. The fourth-order valence-electron chi connectivity index (χ4n) is 3.56. The van der Waals surface area contributed by atoms with E-state index in [1.807, 2.05) is 6.07 Å². The average Bonchev–Trinajstić information content (AvgIpc) is 3.19. The molecule has 2 heterocycles. The molecule has 0 spiro atoms. The Morgan fingerprint density at radius 1 is 1.23 bits per heavy atom. The largest absolute Gasteiger partial charge is 0.465 e. The summed E-state index contributed by atoms with van der Waals surface area (Å²) in [7, 11) is 1.17. The number of benzene rings is 1. The highest BCUT2D eigenvalue weighted by Crippen LogP contribution is 2.35. The zero-order valence-corrected chi connectivity index (χ0v) is 16.6. The number of hydrogen-bond acceptors (Lipinski definition) is 5. The van der Waals surface area contributed by atoms with Crippen LogP contribution in [-0.4, -0.2) is 48.2 Å². The Bertz CT molecular complexity index is 993. The summed E-state index contributed by atoms with van der Waals surface area (Å²) in [5.41, 5.74) is -1.53. The van der Waals surface area contributed by atoms with E-state index in [2.05, 4.69) is 4.74 Å². The van der Waals surface area contributed by atoms with Crippen molar-refractivity contribution in [2.75, 3.05) is 20.2 Å². The molecule has 3 rings (SSSR count). The Kier molecular flexibility index (Phi) is 6.19. The fourth-order valence-corrected chi connectivity index (χ4v) is 3.56. The van der Waals surface area contributed by atoms with Crippen molar-refractivity contribution in [3.63, 3.8) is 0 Å². The van der Waals surface area contributed by atoms with Gasteiger partial charge in [0.25, 0.3) is 12.0 Å². The number of esters is 1. The summed E-state index contributed by atoms with van der Waals surface area (Å²) in [5.74, 6) is -0.734. The topological polar surface area (TPSA) is 77.8 Å². The minimum atomic E-state index is -2.95. The standard InChI is InChI=1S/C21H22F2N2O5/c1-14-10-17(26)25(11-16(14)18(27)29-2)21(19(22)23)8-9-24(13-21)20(28)30-12-15-6-4-3-5-7-15/h3-7,10-11,19H,8-9,12-13H2,1-2H3. The molecule has 2 aromatic rings. The first-order chi connectivity index (χ1) is 14.3. The predicted molar refractivity (Wildman–Crippen MR) is 104 cm³/mol. The van der Waals surface area contributed by atoms with Crippen molar-refractivity contribution >= 4 is 12.1 Å². The molecule has 160 valence electrons. The van der Waals surface area contributed by atoms with Crippen molar-refractivity contribution in [2.45, 2.75) is 31.9 Å². The molecule has 0 saturated carbocycles. The van der Waals surface area contributed by atoms with Gasteiger partial charge in [0.15, 0.2) is 0 Å². The van der Waals surface area contributed by atoms with Crippen LogP contribution in [0.4, 0.5) is 13.6 Å². The molecule has 1 fully saturated rings. The molecule has 1 atom stereocenters. The highest BCUT2D eigenvalue weighted by atomic mass is 19.3. The van der Waals surface area contributed by atoms with E-state index in [-0.39, 0.29) is 25.1 Å². The third-order valence-corrected chi connectivity index (χ3v) is 5.29. The van der Waals surface area contributed by atoms with Crippen LogP contribution >= 0.6 is 0 Å². The molecule has 7 nitrogen and oxygen atoms in total. The van der Waals surface area contributed by atoms with Gasteiger partial charge >= 0.3 is 12.1 Å². The van der Waals surface area contributed by atoms with E-state index in [0.29, 0.717) is 5.56 Å². The Morgan fingerprint density at radius 3 is 2.57 bits per heavy atom. The maximum Gasteiger partial charge on any atom is 0.410 e. The predicted octanol–water partition coefficient (Wildman–Crippen LogP) is 2.95. The molecule has 1 aromatic carbocycles. The van der Waals surface area contributed by atoms with Gasteiger partial charge in [0.1, 0.15) is 12.1 Å². The summed E-state index contributed by atoms with van der Waals surface area (Å²) in [4.78, 5) is 38.1. The zero-order chi connectivity index (χ0) is 21.9. The van der Waals surface area contributed by atoms with Crippen molar-refractivity contribution in [3.8, 4) is 0 Å². The van der Waals surface area contributed by atoms with Crippen LogP contribution in [0, 0.1) is 6.92 Å². The number of pyridine rings is 1. The highest BCUT2D eigenvalue weighted by molar-refractivity contribution is 5.90. The molecule has 9 heteroatoms. The molecule has 0 aliphatic carbocycles. The van der Waals surface area contributed by atoms with Crippen molar-refractivity contribution < 1.29 is 27.8 Å². The van der Waals surface area contributed by atoms with E-state index in [9.17, 15) is 23.2 Å². The third kappa shape index (κ3) is 4.05. The number of halogens is 2. The maximum absolute atomic E-state index is 14.2. The number of likely N-dealkylation sites (tertiary alicyclic amines) is 1. The summed E-state index contributed by atoms with van der Waals surface area (Å²) in [6.07, 6.45) is -2.76. The van der Waals surface area contributed by atoms with Crippen LogP contribution in [0.1, 0.15) is 27.9 Å². The highest BCUT2D eigenvalue weighted by Gasteiger charge is 2.50. The van der Waals surface area contributed by atoms with Gasteiger partial charge in [0.05, 0.1) is 19.2 Å². The van der Waals surface area contributed by atoms with E-state index in [4.69, 9.17) is 4.74 Å². The average molecular weight is 420 g/mol. The fraction of sp³-hybridized carbons (Fsp3) is 0.381. The van der Waals surface area contributed by atoms with Crippen LogP contribution in [0.25, 0.3) is 0 Å².